The lowest BCUT2D eigenvalue weighted by atomic mass is 9.94. The summed E-state index contributed by atoms with van der Waals surface area (Å²) < 4.78 is 37.9. The van der Waals surface area contributed by atoms with E-state index in [9.17, 15) is 23.1 Å². The van der Waals surface area contributed by atoms with Gasteiger partial charge in [0.1, 0.15) is 0 Å². The standard InChI is InChI=1S/C18H23ClF3NO2/c1-5-11(2)15(16(24)23-12(3)17(4,19)25)10-13-6-8-14(9-7-13)18(20,21)22/h6-12,25H,5H2,1-4H3,(H,23,24)/b15-10+. The third kappa shape index (κ3) is 6.36. The van der Waals surface area contributed by atoms with Crippen LogP contribution < -0.4 is 5.32 Å². The highest BCUT2D eigenvalue weighted by atomic mass is 35.5. The molecule has 25 heavy (non-hydrogen) atoms. The summed E-state index contributed by atoms with van der Waals surface area (Å²) in [5, 5.41) is 10.7. The molecule has 0 saturated carbocycles. The first-order valence-corrected chi connectivity index (χ1v) is 8.35. The van der Waals surface area contributed by atoms with Crippen molar-refractivity contribution in [2.24, 2.45) is 5.92 Å². The van der Waals surface area contributed by atoms with Crippen LogP contribution in [0.25, 0.3) is 6.08 Å². The minimum Gasteiger partial charge on any atom is -0.373 e. The molecule has 3 atom stereocenters. The largest absolute Gasteiger partial charge is 0.416 e. The normalized spacial score (nSPS) is 17.6. The zero-order chi connectivity index (χ0) is 19.4. The Balaban J connectivity index is 3.10. The molecule has 1 aromatic carbocycles. The van der Waals surface area contributed by atoms with Crippen LogP contribution in [0.5, 0.6) is 0 Å². The molecule has 1 rings (SSSR count). The lowest BCUT2D eigenvalue weighted by molar-refractivity contribution is -0.137. The molecule has 0 radical (unpaired) electrons. The van der Waals surface area contributed by atoms with Crippen molar-refractivity contribution in [2.45, 2.75) is 51.4 Å². The van der Waals surface area contributed by atoms with E-state index in [4.69, 9.17) is 11.6 Å². The van der Waals surface area contributed by atoms with Crippen LogP contribution in [-0.2, 0) is 11.0 Å². The first-order chi connectivity index (χ1) is 11.4. The Morgan fingerprint density at radius 1 is 1.28 bits per heavy atom. The van der Waals surface area contributed by atoms with E-state index in [1.54, 1.807) is 13.0 Å². The SMILES string of the molecule is CCC(C)/C(=C\c1ccc(C(F)(F)F)cc1)C(=O)NC(C)C(C)(O)Cl. The quantitative estimate of drug-likeness (QED) is 0.563. The molecular formula is C18H23ClF3NO2. The fourth-order valence-electron chi connectivity index (χ4n) is 2.01. The highest BCUT2D eigenvalue weighted by Gasteiger charge is 2.30. The van der Waals surface area contributed by atoms with Crippen molar-refractivity contribution in [3.63, 3.8) is 0 Å². The van der Waals surface area contributed by atoms with E-state index in [0.29, 0.717) is 17.6 Å². The van der Waals surface area contributed by atoms with Crippen molar-refractivity contribution in [3.8, 4) is 0 Å². The maximum Gasteiger partial charge on any atom is 0.416 e. The van der Waals surface area contributed by atoms with Crippen LogP contribution in [0.15, 0.2) is 29.8 Å². The molecule has 3 unspecified atom stereocenters. The third-order valence-electron chi connectivity index (χ3n) is 4.10. The predicted octanol–water partition coefficient (Wildman–Crippen LogP) is 4.59. The molecule has 0 fully saturated rings. The number of benzene rings is 1. The van der Waals surface area contributed by atoms with Gasteiger partial charge in [0.05, 0.1) is 11.6 Å². The number of halogens is 4. The minimum absolute atomic E-state index is 0.116. The summed E-state index contributed by atoms with van der Waals surface area (Å²) >= 11 is 5.78. The van der Waals surface area contributed by atoms with Crippen LogP contribution in [0.3, 0.4) is 0 Å². The molecule has 7 heteroatoms. The third-order valence-corrected chi connectivity index (χ3v) is 4.43. The van der Waals surface area contributed by atoms with Gasteiger partial charge in [-0.3, -0.25) is 4.79 Å². The Hall–Kier alpha value is -1.53. The number of hydrogen-bond donors (Lipinski definition) is 2. The molecule has 0 saturated heterocycles. The maximum atomic E-state index is 12.6. The lowest BCUT2D eigenvalue weighted by Gasteiger charge is -2.26. The predicted molar refractivity (Wildman–Crippen MR) is 93.0 cm³/mol. The lowest BCUT2D eigenvalue weighted by Crippen LogP contribution is -2.46. The van der Waals surface area contributed by atoms with Gasteiger partial charge in [-0.25, -0.2) is 0 Å². The summed E-state index contributed by atoms with van der Waals surface area (Å²) in [5.74, 6) is -0.530. The number of alkyl halides is 4. The molecule has 2 N–H and O–H groups in total. The van der Waals surface area contributed by atoms with Gasteiger partial charge in [-0.2, -0.15) is 13.2 Å². The van der Waals surface area contributed by atoms with Crippen LogP contribution >= 0.6 is 11.6 Å². The number of amides is 1. The topological polar surface area (TPSA) is 49.3 Å². The monoisotopic (exact) mass is 377 g/mol. The van der Waals surface area contributed by atoms with Crippen LogP contribution in [0.4, 0.5) is 13.2 Å². The van der Waals surface area contributed by atoms with Gasteiger partial charge >= 0.3 is 6.18 Å². The number of carbonyl (C=O) groups is 1. The average Bonchev–Trinajstić information content (AvgIpc) is 2.50. The molecule has 1 amide bonds. The van der Waals surface area contributed by atoms with E-state index in [1.165, 1.54) is 19.1 Å². The van der Waals surface area contributed by atoms with Crippen molar-refractivity contribution < 1.29 is 23.1 Å². The second kappa shape index (κ2) is 8.23. The van der Waals surface area contributed by atoms with Crippen molar-refractivity contribution in [2.75, 3.05) is 0 Å². The molecule has 0 heterocycles. The van der Waals surface area contributed by atoms with E-state index < -0.39 is 28.7 Å². The van der Waals surface area contributed by atoms with E-state index in [1.807, 2.05) is 13.8 Å². The van der Waals surface area contributed by atoms with Crippen molar-refractivity contribution in [1.29, 1.82) is 0 Å². The summed E-state index contributed by atoms with van der Waals surface area (Å²) in [6, 6.07) is 3.88. The molecule has 0 bridgehead atoms. The second-order valence-electron chi connectivity index (χ2n) is 6.25. The van der Waals surface area contributed by atoms with Crippen LogP contribution in [0.1, 0.15) is 45.2 Å². The molecule has 0 aromatic heterocycles. The fourth-order valence-corrected chi connectivity index (χ4v) is 2.07. The van der Waals surface area contributed by atoms with E-state index in [-0.39, 0.29) is 5.92 Å². The summed E-state index contributed by atoms with van der Waals surface area (Å²) in [5.41, 5.74) is 0.157. The first kappa shape index (κ1) is 21.5. The van der Waals surface area contributed by atoms with Gasteiger partial charge in [-0.15, -0.1) is 0 Å². The molecule has 140 valence electrons. The van der Waals surface area contributed by atoms with Gasteiger partial charge in [0.15, 0.2) is 5.06 Å². The van der Waals surface area contributed by atoms with Gasteiger partial charge in [0, 0.05) is 5.57 Å². The van der Waals surface area contributed by atoms with E-state index in [2.05, 4.69) is 5.32 Å². The summed E-state index contributed by atoms with van der Waals surface area (Å²) in [6.45, 7) is 6.68. The number of nitrogens with one attached hydrogen (secondary N) is 1. The smallest absolute Gasteiger partial charge is 0.373 e. The summed E-state index contributed by atoms with van der Waals surface area (Å²) in [6.07, 6.45) is -2.18. The number of aliphatic hydroxyl groups is 1. The minimum atomic E-state index is -4.40. The Labute approximate surface area is 150 Å². The zero-order valence-electron chi connectivity index (χ0n) is 14.6. The van der Waals surface area contributed by atoms with Crippen LogP contribution in [-0.4, -0.2) is 22.1 Å². The Morgan fingerprint density at radius 2 is 1.80 bits per heavy atom. The van der Waals surface area contributed by atoms with Gasteiger partial charge < -0.3 is 10.4 Å². The van der Waals surface area contributed by atoms with Gasteiger partial charge in [-0.1, -0.05) is 37.6 Å². The van der Waals surface area contributed by atoms with Crippen LogP contribution in [0, 0.1) is 5.92 Å². The number of rotatable bonds is 6. The van der Waals surface area contributed by atoms with Gasteiger partial charge in [0.2, 0.25) is 5.91 Å². The highest BCUT2D eigenvalue weighted by molar-refractivity contribution is 6.23. The number of carbonyl (C=O) groups excluding carboxylic acids is 1. The number of hydrogen-bond acceptors (Lipinski definition) is 2. The van der Waals surface area contributed by atoms with E-state index >= 15 is 0 Å². The Morgan fingerprint density at radius 3 is 2.20 bits per heavy atom. The summed E-state index contributed by atoms with van der Waals surface area (Å²) in [4.78, 5) is 12.5. The molecule has 0 aliphatic rings. The second-order valence-corrected chi connectivity index (χ2v) is 7.01. The zero-order valence-corrected chi connectivity index (χ0v) is 15.4. The van der Waals surface area contributed by atoms with Crippen molar-refractivity contribution >= 4 is 23.6 Å². The van der Waals surface area contributed by atoms with Crippen molar-refractivity contribution in [1.82, 2.24) is 5.32 Å². The highest BCUT2D eigenvalue weighted by Crippen LogP contribution is 2.29. The molecule has 0 aliphatic carbocycles. The van der Waals surface area contributed by atoms with E-state index in [0.717, 1.165) is 12.1 Å². The average molecular weight is 378 g/mol. The molecule has 0 spiro atoms. The summed E-state index contributed by atoms with van der Waals surface area (Å²) in [7, 11) is 0. The Bertz CT molecular complexity index is 619. The molecule has 3 nitrogen and oxygen atoms in total. The maximum absolute atomic E-state index is 12.6. The van der Waals surface area contributed by atoms with Gasteiger partial charge in [-0.05, 0) is 50.0 Å². The van der Waals surface area contributed by atoms with Crippen molar-refractivity contribution in [3.05, 3.63) is 41.0 Å². The van der Waals surface area contributed by atoms with Crippen LogP contribution in [0.2, 0.25) is 0 Å². The molecule has 0 aliphatic heterocycles. The Kier molecular flexibility index (Phi) is 7.08. The van der Waals surface area contributed by atoms with Gasteiger partial charge in [0.25, 0.3) is 0 Å². The fraction of sp³-hybridized carbons (Fsp3) is 0.500. The molecule has 1 aromatic rings. The first-order valence-electron chi connectivity index (χ1n) is 7.97. The molecular weight excluding hydrogens is 355 g/mol.